The van der Waals surface area contributed by atoms with Gasteiger partial charge in [0, 0.05) is 12.1 Å². The number of carbonyl (C=O) groups is 2. The Morgan fingerprint density at radius 1 is 1.13 bits per heavy atom. The van der Waals surface area contributed by atoms with E-state index in [0.717, 1.165) is 28.5 Å². The Labute approximate surface area is 185 Å². The van der Waals surface area contributed by atoms with Crippen molar-refractivity contribution in [1.82, 2.24) is 4.90 Å². The first-order valence-electron chi connectivity index (χ1n) is 10.00. The van der Waals surface area contributed by atoms with E-state index >= 15 is 0 Å². The molecule has 0 aromatic heterocycles. The largest absolute Gasteiger partial charge is 0.490 e. The summed E-state index contributed by atoms with van der Waals surface area (Å²) < 4.78 is 25.0. The minimum Gasteiger partial charge on any atom is -0.490 e. The van der Waals surface area contributed by atoms with Gasteiger partial charge in [0.05, 0.1) is 11.5 Å². The van der Waals surface area contributed by atoms with Crippen molar-refractivity contribution in [2.75, 3.05) is 13.2 Å². The van der Waals surface area contributed by atoms with Crippen LogP contribution >= 0.6 is 11.8 Å². The molecule has 1 aliphatic heterocycles. The van der Waals surface area contributed by atoms with Crippen molar-refractivity contribution in [2.24, 2.45) is 0 Å². The summed E-state index contributed by atoms with van der Waals surface area (Å²) in [6.07, 6.45) is 3.97. The summed E-state index contributed by atoms with van der Waals surface area (Å²) in [6.45, 7) is 8.46. The fraction of sp³-hybridized carbons (Fsp3) is 0.250. The number of hydrogen-bond donors (Lipinski definition) is 0. The Morgan fingerprint density at radius 3 is 2.48 bits per heavy atom. The number of allylic oxidation sites excluding steroid dienone is 1. The second kappa shape index (κ2) is 10.3. The summed E-state index contributed by atoms with van der Waals surface area (Å²) in [7, 11) is 0. The number of nitrogens with zero attached hydrogens (tertiary/aromatic N) is 1. The number of rotatable bonds is 9. The van der Waals surface area contributed by atoms with E-state index in [-0.39, 0.29) is 23.6 Å². The van der Waals surface area contributed by atoms with Crippen molar-refractivity contribution < 1.29 is 23.5 Å². The molecule has 1 aliphatic rings. The van der Waals surface area contributed by atoms with Crippen molar-refractivity contribution in [3.63, 3.8) is 0 Å². The lowest BCUT2D eigenvalue weighted by Crippen LogP contribution is -2.27. The number of imide groups is 1. The summed E-state index contributed by atoms with van der Waals surface area (Å²) >= 11 is 0.928. The van der Waals surface area contributed by atoms with Gasteiger partial charge in [-0.3, -0.25) is 14.5 Å². The number of thioether (sulfide) groups is 1. The molecule has 2 aromatic rings. The smallest absolute Gasteiger partial charge is 0.293 e. The molecule has 0 radical (unpaired) electrons. The standard InChI is InChI=1S/C24H24FNO4S/c1-4-7-18-12-17(14-21-23(27)26(5-2)24(28)31-21)13-20(29-6-3)22(18)30-15-16-8-10-19(25)11-9-16/h4,8-14H,1,5-7,15H2,2-3H3/b21-14+. The van der Waals surface area contributed by atoms with E-state index in [1.807, 2.05) is 13.0 Å². The number of carbonyl (C=O) groups excluding carboxylic acids is 2. The number of ether oxygens (including phenoxy) is 2. The number of halogens is 1. The SMILES string of the molecule is C=CCc1cc(/C=C2/SC(=O)N(CC)C2=O)cc(OCC)c1OCc1ccc(F)cc1. The van der Waals surface area contributed by atoms with Gasteiger partial charge in [0.1, 0.15) is 12.4 Å². The van der Waals surface area contributed by atoms with Gasteiger partial charge in [-0.25, -0.2) is 4.39 Å². The van der Waals surface area contributed by atoms with Crippen LogP contribution in [0.3, 0.4) is 0 Å². The van der Waals surface area contributed by atoms with Gasteiger partial charge in [-0.2, -0.15) is 0 Å². The predicted molar refractivity (Wildman–Crippen MR) is 121 cm³/mol. The minimum absolute atomic E-state index is 0.249. The third kappa shape index (κ3) is 5.35. The first kappa shape index (κ1) is 22.6. The molecule has 0 saturated carbocycles. The van der Waals surface area contributed by atoms with Crippen LogP contribution in [0.2, 0.25) is 0 Å². The van der Waals surface area contributed by atoms with E-state index in [2.05, 4.69) is 6.58 Å². The average Bonchev–Trinajstić information content (AvgIpc) is 3.01. The number of hydrogen-bond acceptors (Lipinski definition) is 5. The van der Waals surface area contributed by atoms with Crippen LogP contribution in [0, 0.1) is 5.82 Å². The maximum Gasteiger partial charge on any atom is 0.293 e. The van der Waals surface area contributed by atoms with Gasteiger partial charge in [-0.15, -0.1) is 6.58 Å². The minimum atomic E-state index is -0.303. The van der Waals surface area contributed by atoms with Crippen LogP contribution in [-0.4, -0.2) is 29.2 Å². The van der Waals surface area contributed by atoms with E-state index in [4.69, 9.17) is 9.47 Å². The lowest BCUT2D eigenvalue weighted by Gasteiger charge is -2.17. The molecule has 5 nitrogen and oxygen atoms in total. The van der Waals surface area contributed by atoms with Gasteiger partial charge in [0.15, 0.2) is 11.5 Å². The molecule has 0 atom stereocenters. The molecule has 2 aromatic carbocycles. The van der Waals surface area contributed by atoms with E-state index in [0.29, 0.717) is 36.0 Å². The van der Waals surface area contributed by atoms with Crippen LogP contribution in [0.4, 0.5) is 9.18 Å². The van der Waals surface area contributed by atoms with Crippen LogP contribution in [-0.2, 0) is 17.8 Å². The first-order chi connectivity index (χ1) is 15.0. The molecular weight excluding hydrogens is 417 g/mol. The second-order valence-electron chi connectivity index (χ2n) is 6.77. The maximum absolute atomic E-state index is 13.2. The lowest BCUT2D eigenvalue weighted by molar-refractivity contribution is -0.122. The lowest BCUT2D eigenvalue weighted by atomic mass is 10.0. The van der Waals surface area contributed by atoms with Crippen LogP contribution < -0.4 is 9.47 Å². The van der Waals surface area contributed by atoms with Gasteiger partial charge in [-0.1, -0.05) is 18.2 Å². The Bertz CT molecular complexity index is 1020. The zero-order chi connectivity index (χ0) is 22.4. The highest BCUT2D eigenvalue weighted by atomic mass is 32.2. The van der Waals surface area contributed by atoms with Crippen LogP contribution in [0.1, 0.15) is 30.5 Å². The molecule has 1 fully saturated rings. The fourth-order valence-corrected chi connectivity index (χ4v) is 4.06. The van der Waals surface area contributed by atoms with Gasteiger partial charge in [-0.05, 0) is 73.5 Å². The second-order valence-corrected chi connectivity index (χ2v) is 7.77. The normalized spacial score (nSPS) is 14.9. The number of likely N-dealkylation sites (N-methyl/N-ethyl adjacent to an activating group) is 1. The summed E-state index contributed by atoms with van der Waals surface area (Å²) in [6, 6.07) is 9.79. The summed E-state index contributed by atoms with van der Waals surface area (Å²) in [4.78, 5) is 26.0. The van der Waals surface area contributed by atoms with Gasteiger partial charge >= 0.3 is 0 Å². The molecule has 2 amide bonds. The van der Waals surface area contributed by atoms with Crippen molar-refractivity contribution in [2.45, 2.75) is 26.9 Å². The Morgan fingerprint density at radius 2 is 1.87 bits per heavy atom. The zero-order valence-electron chi connectivity index (χ0n) is 17.5. The molecule has 7 heteroatoms. The van der Waals surface area contributed by atoms with Gasteiger partial charge < -0.3 is 9.47 Å². The topological polar surface area (TPSA) is 55.8 Å². The molecule has 31 heavy (non-hydrogen) atoms. The van der Waals surface area contributed by atoms with E-state index < -0.39 is 0 Å². The Kier molecular flexibility index (Phi) is 7.52. The molecule has 0 spiro atoms. The van der Waals surface area contributed by atoms with Crippen molar-refractivity contribution in [3.8, 4) is 11.5 Å². The highest BCUT2D eigenvalue weighted by molar-refractivity contribution is 8.18. The van der Waals surface area contributed by atoms with Crippen LogP contribution in [0.25, 0.3) is 6.08 Å². The average molecular weight is 442 g/mol. The Hall–Kier alpha value is -3.06. The molecule has 3 rings (SSSR count). The molecule has 1 heterocycles. The van der Waals surface area contributed by atoms with E-state index in [1.165, 1.54) is 17.0 Å². The highest BCUT2D eigenvalue weighted by Crippen LogP contribution is 2.37. The van der Waals surface area contributed by atoms with E-state index in [9.17, 15) is 14.0 Å². The third-order valence-electron chi connectivity index (χ3n) is 4.60. The third-order valence-corrected chi connectivity index (χ3v) is 5.51. The zero-order valence-corrected chi connectivity index (χ0v) is 18.3. The van der Waals surface area contributed by atoms with Gasteiger partial charge in [0.2, 0.25) is 0 Å². The van der Waals surface area contributed by atoms with E-state index in [1.54, 1.807) is 37.3 Å². The number of benzene rings is 2. The predicted octanol–water partition coefficient (Wildman–Crippen LogP) is 5.59. The fourth-order valence-electron chi connectivity index (χ4n) is 3.16. The molecule has 0 aliphatic carbocycles. The van der Waals surface area contributed by atoms with Crippen molar-refractivity contribution in [1.29, 1.82) is 0 Å². The molecule has 162 valence electrons. The first-order valence-corrected chi connectivity index (χ1v) is 10.8. The molecule has 1 saturated heterocycles. The quantitative estimate of drug-likeness (QED) is 0.375. The summed E-state index contributed by atoms with van der Waals surface area (Å²) in [5.74, 6) is 0.509. The monoisotopic (exact) mass is 441 g/mol. The molecule has 0 unspecified atom stereocenters. The maximum atomic E-state index is 13.2. The summed E-state index contributed by atoms with van der Waals surface area (Å²) in [5.41, 5.74) is 2.39. The van der Waals surface area contributed by atoms with Crippen molar-refractivity contribution >= 4 is 29.0 Å². The molecule has 0 N–H and O–H groups in total. The van der Waals surface area contributed by atoms with Crippen molar-refractivity contribution in [3.05, 3.63) is 76.5 Å². The van der Waals surface area contributed by atoms with Crippen LogP contribution in [0.15, 0.2) is 54.0 Å². The summed E-state index contributed by atoms with van der Waals surface area (Å²) in [5, 5.41) is -0.269. The number of amides is 2. The molecular formula is C24H24FNO4S. The highest BCUT2D eigenvalue weighted by Gasteiger charge is 2.33. The van der Waals surface area contributed by atoms with Crippen LogP contribution in [0.5, 0.6) is 11.5 Å². The van der Waals surface area contributed by atoms with Gasteiger partial charge in [0.25, 0.3) is 11.1 Å². The Balaban J connectivity index is 1.95. The molecule has 0 bridgehead atoms.